The summed E-state index contributed by atoms with van der Waals surface area (Å²) in [6.07, 6.45) is -4.40. The summed E-state index contributed by atoms with van der Waals surface area (Å²) in [5.41, 5.74) is 3.68. The maximum atomic E-state index is 12.2. The molecule has 5 rings (SSSR count). The molecule has 0 aromatic heterocycles. The lowest BCUT2D eigenvalue weighted by Crippen LogP contribution is -2.60. The first-order valence-electron chi connectivity index (χ1n) is 12.3. The van der Waals surface area contributed by atoms with Gasteiger partial charge in [0.2, 0.25) is 6.29 Å². The molecular formula is C26H34O9. The van der Waals surface area contributed by atoms with Crippen LogP contribution in [-0.4, -0.2) is 75.4 Å². The van der Waals surface area contributed by atoms with Gasteiger partial charge in [-0.1, -0.05) is 20.8 Å². The van der Waals surface area contributed by atoms with Gasteiger partial charge < -0.3 is 39.7 Å². The maximum absolute atomic E-state index is 12.2. The van der Waals surface area contributed by atoms with Gasteiger partial charge in [-0.05, 0) is 49.2 Å². The topological polar surface area (TPSA) is 146 Å². The maximum Gasteiger partial charge on any atom is 0.334 e. The van der Waals surface area contributed by atoms with E-state index >= 15 is 0 Å². The summed E-state index contributed by atoms with van der Waals surface area (Å²) in [6, 6.07) is 1.69. The molecule has 9 heteroatoms. The quantitative estimate of drug-likeness (QED) is 0.393. The molecule has 4 aliphatic rings. The van der Waals surface area contributed by atoms with Crippen LogP contribution in [0.25, 0.3) is 0 Å². The number of aliphatic hydroxyl groups is 4. The van der Waals surface area contributed by atoms with Gasteiger partial charge in [0, 0.05) is 27.7 Å². The largest absolute Gasteiger partial charge is 0.508 e. The van der Waals surface area contributed by atoms with Crippen LogP contribution in [0.2, 0.25) is 0 Å². The van der Waals surface area contributed by atoms with Crippen LogP contribution in [0.5, 0.6) is 11.5 Å². The van der Waals surface area contributed by atoms with Crippen LogP contribution in [-0.2, 0) is 26.1 Å². The van der Waals surface area contributed by atoms with Crippen LogP contribution in [0.15, 0.2) is 17.2 Å². The van der Waals surface area contributed by atoms with Gasteiger partial charge in [-0.3, -0.25) is 0 Å². The molecule has 0 bridgehead atoms. The molecule has 9 nitrogen and oxygen atoms in total. The van der Waals surface area contributed by atoms with Crippen LogP contribution in [0.3, 0.4) is 0 Å². The fourth-order valence-corrected chi connectivity index (χ4v) is 6.50. The average molecular weight is 491 g/mol. The van der Waals surface area contributed by atoms with Crippen molar-refractivity contribution in [3.8, 4) is 11.5 Å². The molecule has 0 spiro atoms. The van der Waals surface area contributed by atoms with Gasteiger partial charge in [-0.25, -0.2) is 4.79 Å². The standard InChI is InChI=1S/C26H34O9/c1-11(2)14-8-17(28)19-13(23(14)35-25-22(31)21(30)20(29)18(9-27)34-25)4-5-16-15-10-33-24(32)12(15)6-7-26(16,19)3/h8,11,16,18,20-22,25,27-31H,4-7,9-10H2,1-3H3/t16-,18+,20+,21-,22+,25-,26-/m0/s1. The number of phenols is 1. The zero-order valence-electron chi connectivity index (χ0n) is 20.2. The zero-order valence-corrected chi connectivity index (χ0v) is 20.2. The van der Waals surface area contributed by atoms with E-state index in [0.717, 1.165) is 34.3 Å². The Kier molecular flexibility index (Phi) is 6.12. The summed E-state index contributed by atoms with van der Waals surface area (Å²) >= 11 is 0. The van der Waals surface area contributed by atoms with E-state index in [1.54, 1.807) is 6.07 Å². The smallest absolute Gasteiger partial charge is 0.334 e. The van der Waals surface area contributed by atoms with E-state index in [-0.39, 0.29) is 23.6 Å². The molecule has 0 unspecified atom stereocenters. The van der Waals surface area contributed by atoms with Crippen molar-refractivity contribution < 1.29 is 44.5 Å². The molecule has 2 heterocycles. The van der Waals surface area contributed by atoms with Gasteiger partial charge in [0.1, 0.15) is 42.5 Å². The summed E-state index contributed by atoms with van der Waals surface area (Å²) in [4.78, 5) is 12.2. The van der Waals surface area contributed by atoms with Gasteiger partial charge in [0.15, 0.2) is 0 Å². The predicted octanol–water partition coefficient (Wildman–Crippen LogP) is 1.16. The third-order valence-electron chi connectivity index (χ3n) is 8.42. The lowest BCUT2D eigenvalue weighted by molar-refractivity contribution is -0.277. The van der Waals surface area contributed by atoms with Crippen LogP contribution >= 0.6 is 0 Å². The molecule has 0 radical (unpaired) electrons. The number of aromatic hydroxyl groups is 1. The van der Waals surface area contributed by atoms with Crippen molar-refractivity contribution in [2.24, 2.45) is 5.92 Å². The molecule has 1 saturated heterocycles. The fraction of sp³-hybridized carbons (Fsp3) is 0.654. The van der Waals surface area contributed by atoms with Gasteiger partial charge in [0.05, 0.1) is 6.61 Å². The minimum Gasteiger partial charge on any atom is -0.508 e. The van der Waals surface area contributed by atoms with E-state index in [0.29, 0.717) is 31.6 Å². The number of phenolic OH excluding ortho intramolecular Hbond substituents is 1. The Morgan fingerprint density at radius 3 is 2.60 bits per heavy atom. The van der Waals surface area contributed by atoms with E-state index in [1.807, 2.05) is 13.8 Å². The molecule has 1 aromatic rings. The van der Waals surface area contributed by atoms with Crippen molar-refractivity contribution in [2.45, 2.75) is 88.5 Å². The molecule has 0 saturated carbocycles. The second-order valence-corrected chi connectivity index (χ2v) is 10.7. The zero-order chi connectivity index (χ0) is 25.2. The molecule has 1 aromatic carbocycles. The van der Waals surface area contributed by atoms with E-state index < -0.39 is 42.7 Å². The Morgan fingerprint density at radius 2 is 1.91 bits per heavy atom. The number of hydrogen-bond donors (Lipinski definition) is 5. The highest BCUT2D eigenvalue weighted by Gasteiger charge is 2.51. The highest BCUT2D eigenvalue weighted by atomic mass is 16.7. The second kappa shape index (κ2) is 8.74. The Balaban J connectivity index is 1.59. The van der Waals surface area contributed by atoms with E-state index in [9.17, 15) is 30.3 Å². The lowest BCUT2D eigenvalue weighted by Gasteiger charge is -2.47. The van der Waals surface area contributed by atoms with Gasteiger partial charge in [-0.2, -0.15) is 0 Å². The number of hydrogen-bond acceptors (Lipinski definition) is 9. The van der Waals surface area contributed by atoms with Crippen molar-refractivity contribution in [1.82, 2.24) is 0 Å². The molecule has 0 amide bonds. The number of benzene rings is 1. The monoisotopic (exact) mass is 490 g/mol. The van der Waals surface area contributed by atoms with Gasteiger partial charge >= 0.3 is 5.97 Å². The van der Waals surface area contributed by atoms with Gasteiger partial charge in [0.25, 0.3) is 0 Å². The summed E-state index contributed by atoms with van der Waals surface area (Å²) in [6.45, 7) is 5.78. The average Bonchev–Trinajstić information content (AvgIpc) is 3.20. The Morgan fingerprint density at radius 1 is 1.17 bits per heavy atom. The second-order valence-electron chi connectivity index (χ2n) is 10.7. The highest BCUT2D eigenvalue weighted by molar-refractivity contribution is 5.92. The minimum absolute atomic E-state index is 0.0295. The van der Waals surface area contributed by atoms with Crippen LogP contribution in [0.4, 0.5) is 0 Å². The van der Waals surface area contributed by atoms with E-state index in [4.69, 9.17) is 14.2 Å². The van der Waals surface area contributed by atoms with Crippen molar-refractivity contribution in [2.75, 3.05) is 13.2 Å². The molecule has 2 aliphatic heterocycles. The number of cyclic esters (lactones) is 1. The number of rotatable bonds is 4. The highest BCUT2D eigenvalue weighted by Crippen LogP contribution is 2.58. The number of carbonyl (C=O) groups excluding carboxylic acids is 1. The minimum atomic E-state index is -1.55. The van der Waals surface area contributed by atoms with Gasteiger partial charge in [-0.15, -0.1) is 0 Å². The molecule has 5 N–H and O–H groups in total. The Hall–Kier alpha value is -2.17. The summed E-state index contributed by atoms with van der Waals surface area (Å²) < 4.78 is 17.2. The lowest BCUT2D eigenvalue weighted by atomic mass is 9.56. The molecule has 192 valence electrons. The molecule has 1 fully saturated rings. The molecule has 7 atom stereocenters. The van der Waals surface area contributed by atoms with E-state index in [2.05, 4.69) is 6.92 Å². The normalized spacial score (nSPS) is 36.5. The first-order valence-corrected chi connectivity index (χ1v) is 12.3. The first-order chi connectivity index (χ1) is 16.6. The van der Waals surface area contributed by atoms with Crippen LogP contribution in [0.1, 0.15) is 62.6 Å². The predicted molar refractivity (Wildman–Crippen MR) is 123 cm³/mol. The number of carbonyl (C=O) groups is 1. The molecule has 2 aliphatic carbocycles. The molecule has 35 heavy (non-hydrogen) atoms. The third kappa shape index (κ3) is 3.67. The Bertz CT molecular complexity index is 1060. The number of esters is 1. The summed E-state index contributed by atoms with van der Waals surface area (Å²) in [5, 5.41) is 51.8. The van der Waals surface area contributed by atoms with Crippen molar-refractivity contribution in [1.29, 1.82) is 0 Å². The van der Waals surface area contributed by atoms with Crippen LogP contribution in [0, 0.1) is 5.92 Å². The number of ether oxygens (including phenoxy) is 3. The number of fused-ring (bicyclic) bond motifs is 4. The first kappa shape index (κ1) is 24.5. The van der Waals surface area contributed by atoms with Crippen molar-refractivity contribution >= 4 is 5.97 Å². The fourth-order valence-electron chi connectivity index (χ4n) is 6.50. The third-order valence-corrected chi connectivity index (χ3v) is 8.42. The SMILES string of the molecule is CC(C)c1cc(O)c2c(c1O[C@@H]1O[C@H](CO)[C@@H](O)[C@H](O)[C@H]1O)CC[C@H]1C3=C(CC[C@]21C)C(=O)OC3. The van der Waals surface area contributed by atoms with Crippen molar-refractivity contribution in [3.63, 3.8) is 0 Å². The Labute approximate surface area is 203 Å². The summed E-state index contributed by atoms with van der Waals surface area (Å²) in [5.74, 6) is 0.444. The van der Waals surface area contributed by atoms with E-state index in [1.165, 1.54) is 0 Å². The number of aliphatic hydroxyl groups excluding tert-OH is 4. The summed E-state index contributed by atoms with van der Waals surface area (Å²) in [7, 11) is 0. The van der Waals surface area contributed by atoms with Crippen LogP contribution < -0.4 is 4.74 Å². The molecular weight excluding hydrogens is 456 g/mol. The van der Waals surface area contributed by atoms with Crippen molar-refractivity contribution in [3.05, 3.63) is 33.9 Å².